The van der Waals surface area contributed by atoms with Crippen molar-refractivity contribution >= 4 is 5.91 Å². The monoisotopic (exact) mass is 200 g/mol. The standard InChI is InChI=1S/C10H20N2O2/c1-12(2)9(13)7-11-8-10(14)5-3-4-6-10/h11,14H,3-8H2,1-2H3. The largest absolute Gasteiger partial charge is 0.389 e. The molecule has 0 aromatic carbocycles. The summed E-state index contributed by atoms with van der Waals surface area (Å²) in [6, 6.07) is 0. The zero-order valence-corrected chi connectivity index (χ0v) is 9.05. The first-order chi connectivity index (χ1) is 6.53. The van der Waals surface area contributed by atoms with Gasteiger partial charge in [-0.2, -0.15) is 0 Å². The van der Waals surface area contributed by atoms with E-state index in [9.17, 15) is 9.90 Å². The minimum atomic E-state index is -0.563. The third-order valence-electron chi connectivity index (χ3n) is 2.76. The second kappa shape index (κ2) is 4.75. The van der Waals surface area contributed by atoms with Crippen LogP contribution < -0.4 is 5.32 Å². The van der Waals surface area contributed by atoms with Gasteiger partial charge in [0.15, 0.2) is 0 Å². The van der Waals surface area contributed by atoms with E-state index in [0.29, 0.717) is 13.1 Å². The zero-order chi connectivity index (χ0) is 10.6. The van der Waals surface area contributed by atoms with Crippen molar-refractivity contribution in [1.82, 2.24) is 10.2 Å². The highest BCUT2D eigenvalue weighted by Gasteiger charge is 2.30. The Labute approximate surface area is 85.3 Å². The van der Waals surface area contributed by atoms with Gasteiger partial charge < -0.3 is 15.3 Å². The van der Waals surface area contributed by atoms with Gasteiger partial charge in [0.05, 0.1) is 12.1 Å². The SMILES string of the molecule is CN(C)C(=O)CNCC1(O)CCCC1. The zero-order valence-electron chi connectivity index (χ0n) is 9.05. The molecular weight excluding hydrogens is 180 g/mol. The Bertz CT molecular complexity index is 198. The summed E-state index contributed by atoms with van der Waals surface area (Å²) in [5.74, 6) is 0.0478. The number of rotatable bonds is 4. The lowest BCUT2D eigenvalue weighted by Gasteiger charge is -2.22. The molecule has 1 fully saturated rings. The van der Waals surface area contributed by atoms with Crippen LogP contribution >= 0.6 is 0 Å². The molecule has 1 aliphatic carbocycles. The van der Waals surface area contributed by atoms with Crippen LogP contribution in [0.4, 0.5) is 0 Å². The third kappa shape index (κ3) is 3.27. The Kier molecular flexibility index (Phi) is 3.89. The fourth-order valence-electron chi connectivity index (χ4n) is 1.77. The van der Waals surface area contributed by atoms with E-state index in [2.05, 4.69) is 5.32 Å². The Morgan fingerprint density at radius 1 is 1.43 bits per heavy atom. The lowest BCUT2D eigenvalue weighted by Crippen LogP contribution is -2.42. The van der Waals surface area contributed by atoms with Crippen molar-refractivity contribution in [2.45, 2.75) is 31.3 Å². The number of nitrogens with zero attached hydrogens (tertiary/aromatic N) is 1. The van der Waals surface area contributed by atoms with Crippen molar-refractivity contribution in [3.63, 3.8) is 0 Å². The molecule has 0 bridgehead atoms. The Balaban J connectivity index is 2.17. The van der Waals surface area contributed by atoms with E-state index in [1.807, 2.05) is 0 Å². The van der Waals surface area contributed by atoms with Gasteiger partial charge in [0.2, 0.25) is 5.91 Å². The first-order valence-electron chi connectivity index (χ1n) is 5.17. The topological polar surface area (TPSA) is 52.6 Å². The molecule has 82 valence electrons. The normalized spacial score (nSPS) is 19.6. The third-order valence-corrected chi connectivity index (χ3v) is 2.76. The average Bonchev–Trinajstić information content (AvgIpc) is 2.52. The van der Waals surface area contributed by atoms with Crippen LogP contribution in [0.15, 0.2) is 0 Å². The fourth-order valence-corrected chi connectivity index (χ4v) is 1.77. The Morgan fingerprint density at radius 2 is 2.00 bits per heavy atom. The van der Waals surface area contributed by atoms with Crippen LogP contribution in [0.25, 0.3) is 0 Å². The van der Waals surface area contributed by atoms with E-state index in [1.165, 1.54) is 0 Å². The van der Waals surface area contributed by atoms with Crippen LogP contribution in [0.5, 0.6) is 0 Å². The van der Waals surface area contributed by atoms with E-state index in [1.54, 1.807) is 19.0 Å². The number of amides is 1. The van der Waals surface area contributed by atoms with E-state index in [-0.39, 0.29) is 5.91 Å². The van der Waals surface area contributed by atoms with Gasteiger partial charge in [0.1, 0.15) is 0 Å². The summed E-state index contributed by atoms with van der Waals surface area (Å²) in [6.45, 7) is 0.849. The Hall–Kier alpha value is -0.610. The number of hydrogen-bond acceptors (Lipinski definition) is 3. The van der Waals surface area contributed by atoms with Crippen LogP contribution in [0, 0.1) is 0 Å². The molecule has 0 unspecified atom stereocenters. The number of hydrogen-bond donors (Lipinski definition) is 2. The average molecular weight is 200 g/mol. The molecule has 0 heterocycles. The summed E-state index contributed by atoms with van der Waals surface area (Å²) >= 11 is 0. The number of nitrogens with one attached hydrogen (secondary N) is 1. The van der Waals surface area contributed by atoms with Gasteiger partial charge in [-0.05, 0) is 12.8 Å². The summed E-state index contributed by atoms with van der Waals surface area (Å²) in [7, 11) is 3.46. The molecule has 0 atom stereocenters. The molecule has 0 radical (unpaired) electrons. The second-order valence-electron chi connectivity index (χ2n) is 4.32. The maximum Gasteiger partial charge on any atom is 0.236 e. The molecule has 0 aromatic rings. The van der Waals surface area contributed by atoms with Crippen molar-refractivity contribution < 1.29 is 9.90 Å². The van der Waals surface area contributed by atoms with Gasteiger partial charge >= 0.3 is 0 Å². The first kappa shape index (κ1) is 11.5. The van der Waals surface area contributed by atoms with Crippen LogP contribution in [-0.4, -0.2) is 48.7 Å². The molecule has 1 rings (SSSR count). The van der Waals surface area contributed by atoms with Gasteiger partial charge in [-0.15, -0.1) is 0 Å². The van der Waals surface area contributed by atoms with Crippen molar-refractivity contribution in [2.24, 2.45) is 0 Å². The van der Waals surface area contributed by atoms with Gasteiger partial charge in [-0.3, -0.25) is 4.79 Å². The summed E-state index contributed by atoms with van der Waals surface area (Å²) in [5.41, 5.74) is -0.563. The second-order valence-corrected chi connectivity index (χ2v) is 4.32. The minimum absolute atomic E-state index is 0.0478. The molecular formula is C10H20N2O2. The smallest absolute Gasteiger partial charge is 0.236 e. The highest BCUT2D eigenvalue weighted by Crippen LogP contribution is 2.28. The highest BCUT2D eigenvalue weighted by molar-refractivity contribution is 5.77. The predicted octanol–water partition coefficient (Wildman–Crippen LogP) is -0.0307. The molecule has 0 saturated heterocycles. The van der Waals surface area contributed by atoms with Gasteiger partial charge in [-0.25, -0.2) is 0 Å². The maximum absolute atomic E-state index is 11.2. The van der Waals surface area contributed by atoms with Crippen molar-refractivity contribution in [3.05, 3.63) is 0 Å². The highest BCUT2D eigenvalue weighted by atomic mass is 16.3. The summed E-state index contributed by atoms with van der Waals surface area (Å²) in [6.07, 6.45) is 3.91. The molecule has 0 aromatic heterocycles. The number of carbonyl (C=O) groups excluding carboxylic acids is 1. The molecule has 1 amide bonds. The van der Waals surface area contributed by atoms with Crippen molar-refractivity contribution in [3.8, 4) is 0 Å². The van der Waals surface area contributed by atoms with Crippen LogP contribution in [0.2, 0.25) is 0 Å². The maximum atomic E-state index is 11.2. The molecule has 0 spiro atoms. The Morgan fingerprint density at radius 3 is 2.50 bits per heavy atom. The van der Waals surface area contributed by atoms with Gasteiger partial charge in [0.25, 0.3) is 0 Å². The van der Waals surface area contributed by atoms with E-state index in [0.717, 1.165) is 25.7 Å². The van der Waals surface area contributed by atoms with Crippen LogP contribution in [0.3, 0.4) is 0 Å². The number of carbonyl (C=O) groups is 1. The van der Waals surface area contributed by atoms with E-state index >= 15 is 0 Å². The first-order valence-corrected chi connectivity index (χ1v) is 5.17. The van der Waals surface area contributed by atoms with Crippen LogP contribution in [0.1, 0.15) is 25.7 Å². The molecule has 1 aliphatic rings. The van der Waals surface area contributed by atoms with Gasteiger partial charge in [-0.1, -0.05) is 12.8 Å². The van der Waals surface area contributed by atoms with Crippen LogP contribution in [-0.2, 0) is 4.79 Å². The summed E-state index contributed by atoms with van der Waals surface area (Å²) in [5, 5.41) is 13.0. The van der Waals surface area contributed by atoms with E-state index < -0.39 is 5.60 Å². The van der Waals surface area contributed by atoms with Crippen molar-refractivity contribution in [1.29, 1.82) is 0 Å². The lowest BCUT2D eigenvalue weighted by molar-refractivity contribution is -0.127. The molecule has 4 heteroatoms. The predicted molar refractivity (Wildman–Crippen MR) is 55.0 cm³/mol. The molecule has 4 nitrogen and oxygen atoms in total. The molecule has 2 N–H and O–H groups in total. The summed E-state index contributed by atoms with van der Waals surface area (Å²) < 4.78 is 0. The number of likely N-dealkylation sites (N-methyl/N-ethyl adjacent to an activating group) is 1. The number of aliphatic hydroxyl groups is 1. The van der Waals surface area contributed by atoms with E-state index in [4.69, 9.17) is 0 Å². The molecule has 0 aliphatic heterocycles. The quantitative estimate of drug-likeness (QED) is 0.670. The van der Waals surface area contributed by atoms with Gasteiger partial charge in [0, 0.05) is 20.6 Å². The molecule has 1 saturated carbocycles. The minimum Gasteiger partial charge on any atom is -0.389 e. The fraction of sp³-hybridized carbons (Fsp3) is 0.900. The van der Waals surface area contributed by atoms with Crippen molar-refractivity contribution in [2.75, 3.05) is 27.2 Å². The summed E-state index contributed by atoms with van der Waals surface area (Å²) in [4.78, 5) is 12.8. The lowest BCUT2D eigenvalue weighted by atomic mass is 10.0. The molecule has 14 heavy (non-hydrogen) atoms.